The van der Waals surface area contributed by atoms with E-state index in [1.807, 2.05) is 12.1 Å². The van der Waals surface area contributed by atoms with Crippen LogP contribution in [-0.2, 0) is 10.5 Å². The van der Waals surface area contributed by atoms with Gasteiger partial charge in [-0.05, 0) is 35.4 Å². The number of carbonyl (C=O) groups excluding carboxylic acids is 1. The molecule has 0 saturated carbocycles. The van der Waals surface area contributed by atoms with Gasteiger partial charge in [-0.1, -0.05) is 62.0 Å². The number of carbonyl (C=O) groups is 1. The van der Waals surface area contributed by atoms with Crippen LogP contribution < -0.4 is 10.9 Å². The third-order valence-corrected chi connectivity index (χ3v) is 7.64. The second kappa shape index (κ2) is 9.73. The third kappa shape index (κ3) is 4.58. The zero-order valence-electron chi connectivity index (χ0n) is 20.0. The molecule has 2 N–H and O–H groups in total. The molecule has 0 radical (unpaired) electrons. The Labute approximate surface area is 212 Å². The number of hydrogen-bond donors (Lipinski definition) is 2. The summed E-state index contributed by atoms with van der Waals surface area (Å²) in [5.41, 5.74) is 4.72. The lowest BCUT2D eigenvalue weighted by Crippen LogP contribution is -2.32. The van der Waals surface area contributed by atoms with Crippen molar-refractivity contribution in [2.24, 2.45) is 0 Å². The molecule has 0 bridgehead atoms. The highest BCUT2D eigenvalue weighted by molar-refractivity contribution is 7.98. The monoisotopic (exact) mass is 502 g/mol. The van der Waals surface area contributed by atoms with E-state index in [0.717, 1.165) is 29.7 Å². The minimum Gasteiger partial charge on any atom is -0.343 e. The van der Waals surface area contributed by atoms with Crippen LogP contribution in [0.4, 0.5) is 11.5 Å². The van der Waals surface area contributed by atoms with E-state index in [2.05, 4.69) is 36.3 Å². The zero-order chi connectivity index (χ0) is 25.4. The van der Waals surface area contributed by atoms with Gasteiger partial charge in [-0.3, -0.25) is 19.7 Å². The molecule has 9 heteroatoms. The number of aromatic amines is 1. The predicted molar refractivity (Wildman–Crippen MR) is 139 cm³/mol. The fraction of sp³-hybridized carbons (Fsp3) is 0.296. The van der Waals surface area contributed by atoms with E-state index in [4.69, 9.17) is 4.98 Å². The van der Waals surface area contributed by atoms with E-state index in [1.54, 1.807) is 12.1 Å². The number of rotatable bonds is 6. The van der Waals surface area contributed by atoms with Gasteiger partial charge in [0.15, 0.2) is 10.9 Å². The van der Waals surface area contributed by atoms with Gasteiger partial charge in [0.2, 0.25) is 0 Å². The Bertz CT molecular complexity index is 1430. The number of benzene rings is 2. The Morgan fingerprint density at radius 2 is 1.81 bits per heavy atom. The van der Waals surface area contributed by atoms with E-state index in [0.29, 0.717) is 40.2 Å². The van der Waals surface area contributed by atoms with Gasteiger partial charge >= 0.3 is 0 Å². The highest BCUT2D eigenvalue weighted by Gasteiger charge is 2.37. The summed E-state index contributed by atoms with van der Waals surface area (Å²) in [4.78, 5) is 44.5. The predicted octanol–water partition coefficient (Wildman–Crippen LogP) is 5.66. The second-order valence-electron chi connectivity index (χ2n) is 9.39. The molecule has 0 amide bonds. The number of hydrogen-bond acceptors (Lipinski definition) is 7. The maximum Gasteiger partial charge on any atom is 0.269 e. The van der Waals surface area contributed by atoms with Gasteiger partial charge in [-0.15, -0.1) is 0 Å². The molecule has 0 spiro atoms. The first-order valence-electron chi connectivity index (χ1n) is 11.9. The normalized spacial score (nSPS) is 17.0. The van der Waals surface area contributed by atoms with Crippen LogP contribution >= 0.6 is 11.8 Å². The van der Waals surface area contributed by atoms with Crippen molar-refractivity contribution in [3.05, 3.63) is 103 Å². The summed E-state index contributed by atoms with van der Waals surface area (Å²) < 4.78 is 0. The van der Waals surface area contributed by atoms with Gasteiger partial charge in [0.1, 0.15) is 5.82 Å². The summed E-state index contributed by atoms with van der Waals surface area (Å²) in [6.07, 6.45) is 1.98. The van der Waals surface area contributed by atoms with Crippen molar-refractivity contribution in [1.82, 2.24) is 9.97 Å². The topological polar surface area (TPSA) is 118 Å². The number of fused-ring (bicyclic) bond motifs is 1. The van der Waals surface area contributed by atoms with Crippen LogP contribution in [0.5, 0.6) is 0 Å². The second-order valence-corrected chi connectivity index (χ2v) is 10.4. The van der Waals surface area contributed by atoms with Crippen molar-refractivity contribution in [3.63, 3.8) is 0 Å². The first-order valence-corrected chi connectivity index (χ1v) is 12.9. The van der Waals surface area contributed by atoms with Crippen LogP contribution in [0.2, 0.25) is 0 Å². The van der Waals surface area contributed by atoms with Crippen molar-refractivity contribution in [3.8, 4) is 0 Å². The minimum atomic E-state index is -0.463. The first-order chi connectivity index (χ1) is 17.3. The lowest BCUT2D eigenvalue weighted by Gasteiger charge is -2.33. The van der Waals surface area contributed by atoms with Crippen LogP contribution in [0.15, 0.2) is 69.8 Å². The molecule has 1 aliphatic heterocycles. The van der Waals surface area contributed by atoms with Crippen LogP contribution in [0.25, 0.3) is 0 Å². The molecular weight excluding hydrogens is 476 g/mol. The number of H-pyrrole nitrogens is 1. The Kier molecular flexibility index (Phi) is 6.49. The largest absolute Gasteiger partial charge is 0.343 e. The molecule has 3 aromatic rings. The Morgan fingerprint density at radius 1 is 1.08 bits per heavy atom. The lowest BCUT2D eigenvalue weighted by atomic mass is 9.76. The van der Waals surface area contributed by atoms with Crippen molar-refractivity contribution in [2.45, 2.75) is 55.9 Å². The third-order valence-electron chi connectivity index (χ3n) is 6.70. The summed E-state index contributed by atoms with van der Waals surface area (Å²) in [5.74, 6) is 0.965. The molecule has 0 unspecified atom stereocenters. The minimum absolute atomic E-state index is 0.0341. The number of thioether (sulfide) groups is 1. The fourth-order valence-corrected chi connectivity index (χ4v) is 5.60. The Hall–Kier alpha value is -3.72. The number of Topliss-reactive ketones (excluding diaryl/α,β-unsaturated/α-hetero) is 1. The quantitative estimate of drug-likeness (QED) is 0.193. The molecule has 2 aromatic carbocycles. The van der Waals surface area contributed by atoms with Crippen LogP contribution in [0.1, 0.15) is 67.2 Å². The molecule has 184 valence electrons. The van der Waals surface area contributed by atoms with Gasteiger partial charge in [0.05, 0.1) is 10.5 Å². The lowest BCUT2D eigenvalue weighted by molar-refractivity contribution is -0.384. The highest BCUT2D eigenvalue weighted by Crippen LogP contribution is 2.43. The molecule has 2 heterocycles. The first kappa shape index (κ1) is 24.0. The van der Waals surface area contributed by atoms with E-state index in [1.165, 1.54) is 29.5 Å². The summed E-state index contributed by atoms with van der Waals surface area (Å²) in [7, 11) is 0. The highest BCUT2D eigenvalue weighted by atomic mass is 32.2. The van der Waals surface area contributed by atoms with E-state index < -0.39 is 10.8 Å². The van der Waals surface area contributed by atoms with E-state index in [-0.39, 0.29) is 17.0 Å². The molecule has 0 fully saturated rings. The average Bonchev–Trinajstić information content (AvgIpc) is 2.86. The number of nitro groups is 1. The molecule has 36 heavy (non-hydrogen) atoms. The van der Waals surface area contributed by atoms with Gasteiger partial charge in [0.25, 0.3) is 11.2 Å². The molecule has 2 aliphatic rings. The molecule has 0 saturated heterocycles. The standard InChI is InChI=1S/C27H26N4O4S/c1-15(2)17-8-10-18(11-9-17)22-23-20(4-3-5-21(23)32)28-25-24(22)26(33)30-27(29-25)36-14-16-6-12-19(13-7-16)31(34)35/h6-13,15,22H,3-5,14H2,1-2H3,(H2,28,29,30,33)/t22-/m0/s1. The summed E-state index contributed by atoms with van der Waals surface area (Å²) in [5, 5.41) is 14.6. The summed E-state index contributed by atoms with van der Waals surface area (Å²) in [6.45, 7) is 4.26. The number of nitrogens with zero attached hydrogens (tertiary/aromatic N) is 2. The van der Waals surface area contributed by atoms with Crippen molar-refractivity contribution in [2.75, 3.05) is 5.32 Å². The number of non-ortho nitro benzene ring substituents is 1. The molecule has 1 atom stereocenters. The summed E-state index contributed by atoms with van der Waals surface area (Å²) >= 11 is 1.35. The number of ketones is 1. The molecule has 5 rings (SSSR count). The number of aromatic nitrogens is 2. The van der Waals surface area contributed by atoms with Crippen molar-refractivity contribution >= 4 is 29.1 Å². The Balaban J connectivity index is 1.50. The number of nitrogens with one attached hydrogen (secondary N) is 2. The van der Waals surface area contributed by atoms with Gasteiger partial charge in [-0.25, -0.2) is 4.98 Å². The van der Waals surface area contributed by atoms with Crippen molar-refractivity contribution in [1.29, 1.82) is 0 Å². The Morgan fingerprint density at radius 3 is 2.47 bits per heavy atom. The maximum absolute atomic E-state index is 13.4. The average molecular weight is 503 g/mol. The van der Waals surface area contributed by atoms with Crippen molar-refractivity contribution < 1.29 is 9.72 Å². The molecular formula is C27H26N4O4S. The zero-order valence-corrected chi connectivity index (χ0v) is 20.9. The molecule has 8 nitrogen and oxygen atoms in total. The van der Waals surface area contributed by atoms with Gasteiger partial charge in [0, 0.05) is 41.5 Å². The fourth-order valence-electron chi connectivity index (χ4n) is 4.78. The smallest absolute Gasteiger partial charge is 0.269 e. The van der Waals surface area contributed by atoms with Gasteiger partial charge in [-0.2, -0.15) is 0 Å². The molecule has 1 aliphatic carbocycles. The molecule has 1 aromatic heterocycles. The summed E-state index contributed by atoms with van der Waals surface area (Å²) in [6, 6.07) is 14.5. The maximum atomic E-state index is 13.4. The van der Waals surface area contributed by atoms with Gasteiger partial charge < -0.3 is 10.3 Å². The number of nitro benzene ring substituents is 1. The van der Waals surface area contributed by atoms with E-state index in [9.17, 15) is 19.7 Å². The number of allylic oxidation sites excluding steroid dienone is 2. The SMILES string of the molecule is CC(C)c1ccc([C@H]2C3=C(CCCC3=O)Nc3nc(SCc4ccc([N+](=O)[O-])cc4)[nH]c(=O)c32)cc1. The van der Waals surface area contributed by atoms with Crippen LogP contribution in [0, 0.1) is 10.1 Å². The number of anilines is 1. The van der Waals surface area contributed by atoms with Crippen LogP contribution in [-0.4, -0.2) is 20.7 Å². The van der Waals surface area contributed by atoms with E-state index >= 15 is 0 Å². The van der Waals surface area contributed by atoms with Crippen LogP contribution in [0.3, 0.4) is 0 Å².